The van der Waals surface area contributed by atoms with E-state index in [0.29, 0.717) is 11.4 Å². The fraction of sp³-hybridized carbons (Fsp3) is 0.0833. The fourth-order valence-electron chi connectivity index (χ4n) is 1.31. The van der Waals surface area contributed by atoms with Crippen molar-refractivity contribution >= 4 is 5.97 Å². The van der Waals surface area contributed by atoms with Gasteiger partial charge in [0.2, 0.25) is 5.88 Å². The van der Waals surface area contributed by atoms with Gasteiger partial charge in [-0.25, -0.2) is 14.4 Å². The molecule has 0 saturated heterocycles. The van der Waals surface area contributed by atoms with Crippen LogP contribution in [0.1, 0.15) is 5.69 Å². The Morgan fingerprint density at radius 1 is 1.28 bits per heavy atom. The van der Waals surface area contributed by atoms with Crippen LogP contribution in [0.5, 0.6) is 11.6 Å². The number of hydrogen-bond acceptors (Lipinski definition) is 4. The first-order chi connectivity index (χ1) is 8.63. The Morgan fingerprint density at radius 2 is 2.00 bits per heavy atom. The Balaban J connectivity index is 2.13. The van der Waals surface area contributed by atoms with E-state index in [1.54, 1.807) is 0 Å². The number of hydrogen-bond donors (Lipinski definition) is 1. The molecule has 0 unspecified atom stereocenters. The zero-order chi connectivity index (χ0) is 13.0. The first-order valence-corrected chi connectivity index (χ1v) is 5.09. The van der Waals surface area contributed by atoms with E-state index in [4.69, 9.17) is 9.84 Å². The van der Waals surface area contributed by atoms with Crippen LogP contribution < -0.4 is 4.74 Å². The molecule has 1 heterocycles. The van der Waals surface area contributed by atoms with Crippen molar-refractivity contribution in [3.8, 4) is 11.6 Å². The second-order valence-corrected chi connectivity index (χ2v) is 3.47. The predicted octanol–water partition coefficient (Wildman–Crippen LogP) is 2.04. The highest BCUT2D eigenvalue weighted by molar-refractivity contribution is 5.69. The molecule has 2 aromatic rings. The van der Waals surface area contributed by atoms with Crippen LogP contribution in [-0.4, -0.2) is 21.0 Å². The van der Waals surface area contributed by atoms with Crippen molar-refractivity contribution < 1.29 is 19.0 Å². The van der Waals surface area contributed by atoms with Gasteiger partial charge in [-0.2, -0.15) is 0 Å². The molecular weight excluding hydrogens is 239 g/mol. The van der Waals surface area contributed by atoms with Gasteiger partial charge in [-0.05, 0) is 24.3 Å². The molecule has 1 aromatic carbocycles. The number of aliphatic carboxylic acids is 1. The molecule has 0 radical (unpaired) electrons. The molecule has 5 nitrogen and oxygen atoms in total. The minimum atomic E-state index is -0.985. The van der Waals surface area contributed by atoms with Crippen LogP contribution in [0.3, 0.4) is 0 Å². The molecule has 2 rings (SSSR count). The van der Waals surface area contributed by atoms with Crippen LogP contribution in [-0.2, 0) is 11.2 Å². The zero-order valence-electron chi connectivity index (χ0n) is 9.21. The Kier molecular flexibility index (Phi) is 3.47. The summed E-state index contributed by atoms with van der Waals surface area (Å²) >= 11 is 0. The Labute approximate surface area is 102 Å². The van der Waals surface area contributed by atoms with E-state index in [9.17, 15) is 9.18 Å². The lowest BCUT2D eigenvalue weighted by Gasteiger charge is -2.04. The van der Waals surface area contributed by atoms with E-state index in [2.05, 4.69) is 9.97 Å². The first kappa shape index (κ1) is 12.0. The molecule has 0 aliphatic heterocycles. The minimum Gasteiger partial charge on any atom is -0.481 e. The van der Waals surface area contributed by atoms with Crippen molar-refractivity contribution in [3.63, 3.8) is 0 Å². The smallest absolute Gasteiger partial charge is 0.309 e. The van der Waals surface area contributed by atoms with Gasteiger partial charge in [0.15, 0.2) is 0 Å². The predicted molar refractivity (Wildman–Crippen MR) is 59.8 cm³/mol. The standard InChI is InChI=1S/C12H9FN2O3/c13-8-1-3-10(4-2-8)18-11-5-9(6-12(16)17)14-7-15-11/h1-5,7H,6H2,(H,16,17). The van der Waals surface area contributed by atoms with Gasteiger partial charge >= 0.3 is 5.97 Å². The number of carbonyl (C=O) groups is 1. The molecular formula is C12H9FN2O3. The maximum atomic E-state index is 12.7. The Hall–Kier alpha value is -2.50. The fourth-order valence-corrected chi connectivity index (χ4v) is 1.31. The number of aromatic nitrogens is 2. The summed E-state index contributed by atoms with van der Waals surface area (Å²) in [5.74, 6) is -0.720. The van der Waals surface area contributed by atoms with Crippen molar-refractivity contribution in [3.05, 3.63) is 48.2 Å². The van der Waals surface area contributed by atoms with Crippen LogP contribution in [0.15, 0.2) is 36.7 Å². The molecule has 0 spiro atoms. The lowest BCUT2D eigenvalue weighted by atomic mass is 10.3. The molecule has 0 amide bonds. The van der Waals surface area contributed by atoms with Gasteiger partial charge < -0.3 is 9.84 Å². The topological polar surface area (TPSA) is 72.3 Å². The summed E-state index contributed by atoms with van der Waals surface area (Å²) in [5.41, 5.74) is 0.342. The summed E-state index contributed by atoms with van der Waals surface area (Å²) in [7, 11) is 0. The summed E-state index contributed by atoms with van der Waals surface area (Å²) < 4.78 is 18.0. The normalized spacial score (nSPS) is 10.1. The number of benzene rings is 1. The highest BCUT2D eigenvalue weighted by Crippen LogP contribution is 2.19. The first-order valence-electron chi connectivity index (χ1n) is 5.09. The van der Waals surface area contributed by atoms with Crippen LogP contribution >= 0.6 is 0 Å². The second kappa shape index (κ2) is 5.22. The van der Waals surface area contributed by atoms with Crippen molar-refractivity contribution in [2.75, 3.05) is 0 Å². The molecule has 0 fully saturated rings. The monoisotopic (exact) mass is 248 g/mol. The summed E-state index contributed by atoms with van der Waals surface area (Å²) in [6.45, 7) is 0. The number of rotatable bonds is 4. The highest BCUT2D eigenvalue weighted by atomic mass is 19.1. The largest absolute Gasteiger partial charge is 0.481 e. The SMILES string of the molecule is O=C(O)Cc1cc(Oc2ccc(F)cc2)ncn1. The molecule has 1 aromatic heterocycles. The quantitative estimate of drug-likeness (QED) is 0.896. The maximum Gasteiger partial charge on any atom is 0.309 e. The molecule has 0 saturated carbocycles. The molecule has 1 N–H and O–H groups in total. The number of carboxylic acids is 1. The number of carboxylic acid groups (broad SMARTS) is 1. The molecule has 0 bridgehead atoms. The van der Waals surface area contributed by atoms with E-state index in [1.165, 1.54) is 36.7 Å². The average Bonchev–Trinajstić information content (AvgIpc) is 2.32. The summed E-state index contributed by atoms with van der Waals surface area (Å²) in [6, 6.07) is 6.85. The van der Waals surface area contributed by atoms with Gasteiger partial charge in [-0.15, -0.1) is 0 Å². The van der Waals surface area contributed by atoms with Gasteiger partial charge in [0.1, 0.15) is 17.9 Å². The molecule has 6 heteroatoms. The summed E-state index contributed by atoms with van der Waals surface area (Å²) in [4.78, 5) is 18.2. The van der Waals surface area contributed by atoms with Crippen molar-refractivity contribution in [2.45, 2.75) is 6.42 Å². The summed E-state index contributed by atoms with van der Waals surface area (Å²) in [6.07, 6.45) is 1.01. The lowest BCUT2D eigenvalue weighted by Crippen LogP contribution is -2.03. The van der Waals surface area contributed by atoms with Crippen LogP contribution in [0.4, 0.5) is 4.39 Å². The molecule has 18 heavy (non-hydrogen) atoms. The van der Waals surface area contributed by atoms with E-state index >= 15 is 0 Å². The minimum absolute atomic E-state index is 0.206. The van der Waals surface area contributed by atoms with Crippen molar-refractivity contribution in [1.82, 2.24) is 9.97 Å². The molecule has 92 valence electrons. The molecule has 0 aliphatic rings. The van der Waals surface area contributed by atoms with Crippen LogP contribution in [0.25, 0.3) is 0 Å². The van der Waals surface area contributed by atoms with Crippen LogP contribution in [0.2, 0.25) is 0 Å². The molecule has 0 atom stereocenters. The number of halogens is 1. The number of ether oxygens (including phenoxy) is 1. The van der Waals surface area contributed by atoms with Gasteiger partial charge in [-0.1, -0.05) is 0 Å². The lowest BCUT2D eigenvalue weighted by molar-refractivity contribution is -0.136. The van der Waals surface area contributed by atoms with Crippen molar-refractivity contribution in [1.29, 1.82) is 0 Å². The van der Waals surface area contributed by atoms with Gasteiger partial charge in [0.05, 0.1) is 12.1 Å². The van der Waals surface area contributed by atoms with E-state index in [0.717, 1.165) is 0 Å². The third-order valence-corrected chi connectivity index (χ3v) is 2.07. The Morgan fingerprint density at radius 3 is 2.67 bits per heavy atom. The van der Waals surface area contributed by atoms with E-state index in [-0.39, 0.29) is 18.1 Å². The average molecular weight is 248 g/mol. The molecule has 0 aliphatic carbocycles. The Bertz CT molecular complexity index is 558. The maximum absolute atomic E-state index is 12.7. The highest BCUT2D eigenvalue weighted by Gasteiger charge is 2.05. The second-order valence-electron chi connectivity index (χ2n) is 3.47. The number of nitrogens with zero attached hydrogens (tertiary/aromatic N) is 2. The van der Waals surface area contributed by atoms with Gasteiger partial charge in [-0.3, -0.25) is 4.79 Å². The summed E-state index contributed by atoms with van der Waals surface area (Å²) in [5, 5.41) is 8.64. The van der Waals surface area contributed by atoms with Gasteiger partial charge in [0, 0.05) is 6.07 Å². The van der Waals surface area contributed by atoms with E-state index in [1.807, 2.05) is 0 Å². The van der Waals surface area contributed by atoms with Crippen LogP contribution in [0, 0.1) is 5.82 Å². The van der Waals surface area contributed by atoms with E-state index < -0.39 is 5.97 Å². The zero-order valence-corrected chi connectivity index (χ0v) is 9.21. The third kappa shape index (κ3) is 3.24. The van der Waals surface area contributed by atoms with Crippen molar-refractivity contribution in [2.24, 2.45) is 0 Å². The third-order valence-electron chi connectivity index (χ3n) is 2.07. The van der Waals surface area contributed by atoms with Gasteiger partial charge in [0.25, 0.3) is 0 Å².